The van der Waals surface area contributed by atoms with Crippen LogP contribution < -0.4 is 15.1 Å². The van der Waals surface area contributed by atoms with Gasteiger partial charge in [-0.25, -0.2) is 4.79 Å². The van der Waals surface area contributed by atoms with Crippen molar-refractivity contribution < 1.29 is 19.1 Å². The van der Waals surface area contributed by atoms with Gasteiger partial charge in [0.15, 0.2) is 0 Å². The lowest BCUT2D eigenvalue weighted by Gasteiger charge is -2.39. The van der Waals surface area contributed by atoms with Crippen molar-refractivity contribution in [2.24, 2.45) is 0 Å². The molecule has 2 aromatic carbocycles. The van der Waals surface area contributed by atoms with Gasteiger partial charge >= 0.3 is 5.97 Å². The van der Waals surface area contributed by atoms with Crippen LogP contribution >= 0.6 is 0 Å². The molecule has 0 spiro atoms. The lowest BCUT2D eigenvalue weighted by molar-refractivity contribution is -0.122. The fraction of sp³-hybridized carbons (Fsp3) is 0.348. The average molecular weight is 407 g/mol. The highest BCUT2D eigenvalue weighted by Crippen LogP contribution is 2.40. The molecule has 156 valence electrons. The van der Waals surface area contributed by atoms with Gasteiger partial charge in [-0.1, -0.05) is 19.1 Å². The number of ether oxygens (including phenoxy) is 1. The van der Waals surface area contributed by atoms with Gasteiger partial charge in [0.05, 0.1) is 24.0 Å². The second kappa shape index (κ2) is 8.18. The molecule has 30 heavy (non-hydrogen) atoms. The molecule has 1 N–H and O–H groups in total. The predicted octanol–water partition coefficient (Wildman–Crippen LogP) is 2.99. The lowest BCUT2D eigenvalue weighted by Crippen LogP contribution is -2.52. The van der Waals surface area contributed by atoms with E-state index in [1.807, 2.05) is 30.3 Å². The fourth-order valence-corrected chi connectivity index (χ4v) is 4.21. The van der Waals surface area contributed by atoms with Crippen LogP contribution in [0, 0.1) is 0 Å². The number of rotatable bonds is 5. The number of nitrogens with one attached hydrogen (secondary N) is 1. The molecule has 7 nitrogen and oxygen atoms in total. The van der Waals surface area contributed by atoms with Crippen LogP contribution in [0.15, 0.2) is 42.5 Å². The molecule has 0 bridgehead atoms. The molecule has 0 aromatic heterocycles. The van der Waals surface area contributed by atoms with E-state index in [-0.39, 0.29) is 24.4 Å². The van der Waals surface area contributed by atoms with Crippen LogP contribution in [0.25, 0.3) is 0 Å². The molecule has 1 fully saturated rings. The van der Waals surface area contributed by atoms with E-state index in [1.54, 1.807) is 12.1 Å². The van der Waals surface area contributed by atoms with E-state index in [0.717, 1.165) is 37.1 Å². The number of benzene rings is 2. The summed E-state index contributed by atoms with van der Waals surface area (Å²) in [6.07, 6.45) is 2.54. The molecule has 1 atom stereocenters. The normalized spacial score (nSPS) is 17.4. The molecular formula is C23H25N3O4. The van der Waals surface area contributed by atoms with Crippen LogP contribution in [0.2, 0.25) is 0 Å². The van der Waals surface area contributed by atoms with Gasteiger partial charge in [0.2, 0.25) is 11.8 Å². The number of hydrogen-bond donors (Lipinski definition) is 1. The molecule has 2 heterocycles. The minimum Gasteiger partial charge on any atom is -0.465 e. The van der Waals surface area contributed by atoms with Gasteiger partial charge in [0.1, 0.15) is 12.6 Å². The van der Waals surface area contributed by atoms with Gasteiger partial charge < -0.3 is 15.0 Å². The smallest absolute Gasteiger partial charge is 0.337 e. The number of fused-ring (bicyclic) bond motifs is 3. The third kappa shape index (κ3) is 3.63. The Bertz CT molecular complexity index is 1000. The first-order chi connectivity index (χ1) is 14.5. The highest BCUT2D eigenvalue weighted by molar-refractivity contribution is 6.11. The predicted molar refractivity (Wildman–Crippen MR) is 115 cm³/mol. The quantitative estimate of drug-likeness (QED) is 0.771. The average Bonchev–Trinajstić information content (AvgIpc) is 3.26. The van der Waals surface area contributed by atoms with Gasteiger partial charge in [-0.3, -0.25) is 14.5 Å². The second-order valence-corrected chi connectivity index (χ2v) is 7.57. The highest BCUT2D eigenvalue weighted by Gasteiger charge is 2.41. The number of methoxy groups -OCH3 is 1. The maximum absolute atomic E-state index is 13.2. The summed E-state index contributed by atoms with van der Waals surface area (Å²) >= 11 is 0. The summed E-state index contributed by atoms with van der Waals surface area (Å²) in [5.41, 5.74) is 3.61. The van der Waals surface area contributed by atoms with E-state index >= 15 is 0 Å². The van der Waals surface area contributed by atoms with Crippen LogP contribution in [0.5, 0.6) is 0 Å². The number of amides is 2. The lowest BCUT2D eigenvalue weighted by atomic mass is 10.0. The zero-order valence-corrected chi connectivity index (χ0v) is 17.2. The first-order valence-corrected chi connectivity index (χ1v) is 10.2. The van der Waals surface area contributed by atoms with Crippen LogP contribution in [0.4, 0.5) is 17.1 Å². The third-order valence-corrected chi connectivity index (χ3v) is 5.72. The van der Waals surface area contributed by atoms with Crippen molar-refractivity contribution in [3.8, 4) is 0 Å². The molecule has 1 saturated heterocycles. The highest BCUT2D eigenvalue weighted by atomic mass is 16.5. The van der Waals surface area contributed by atoms with Gasteiger partial charge in [-0.2, -0.15) is 0 Å². The van der Waals surface area contributed by atoms with Crippen molar-refractivity contribution >= 4 is 34.8 Å². The molecular weight excluding hydrogens is 382 g/mol. The summed E-state index contributed by atoms with van der Waals surface area (Å²) in [5, 5.41) is 2.89. The van der Waals surface area contributed by atoms with E-state index in [1.165, 1.54) is 12.0 Å². The number of carbonyl (C=O) groups excluding carboxylic acids is 3. The molecule has 2 aliphatic rings. The Labute approximate surface area is 175 Å². The minimum atomic E-state index is -0.477. The molecule has 2 aliphatic heterocycles. The monoisotopic (exact) mass is 407 g/mol. The van der Waals surface area contributed by atoms with Crippen molar-refractivity contribution in [3.63, 3.8) is 0 Å². The van der Waals surface area contributed by atoms with Crippen molar-refractivity contribution in [1.29, 1.82) is 0 Å². The Kier molecular flexibility index (Phi) is 5.44. The number of esters is 1. The largest absolute Gasteiger partial charge is 0.465 e. The minimum absolute atomic E-state index is 0.112. The van der Waals surface area contributed by atoms with Gasteiger partial charge in [-0.15, -0.1) is 0 Å². The molecule has 0 radical (unpaired) electrons. The number of carbonyl (C=O) groups is 3. The van der Waals surface area contributed by atoms with Crippen LogP contribution in [0.3, 0.4) is 0 Å². The topological polar surface area (TPSA) is 79.0 Å². The summed E-state index contributed by atoms with van der Waals surface area (Å²) in [5.74, 6) is -0.869. The Morgan fingerprint density at radius 1 is 1.17 bits per heavy atom. The van der Waals surface area contributed by atoms with Crippen LogP contribution in [-0.2, 0) is 20.7 Å². The van der Waals surface area contributed by atoms with Crippen molar-refractivity contribution in [2.45, 2.75) is 32.2 Å². The molecule has 0 saturated carbocycles. The van der Waals surface area contributed by atoms with Crippen molar-refractivity contribution in [2.75, 3.05) is 35.3 Å². The molecule has 2 aromatic rings. The van der Waals surface area contributed by atoms with Crippen molar-refractivity contribution in [1.82, 2.24) is 0 Å². The van der Waals surface area contributed by atoms with Crippen LogP contribution in [-0.4, -0.2) is 44.0 Å². The van der Waals surface area contributed by atoms with Gasteiger partial charge in [-0.05, 0) is 55.2 Å². The van der Waals surface area contributed by atoms with Crippen LogP contribution in [0.1, 0.15) is 35.7 Å². The van der Waals surface area contributed by atoms with E-state index in [0.29, 0.717) is 16.9 Å². The second-order valence-electron chi connectivity index (χ2n) is 7.57. The van der Waals surface area contributed by atoms with E-state index in [2.05, 4.69) is 17.1 Å². The Morgan fingerprint density at radius 3 is 2.77 bits per heavy atom. The number of anilines is 3. The maximum atomic E-state index is 13.2. The maximum Gasteiger partial charge on any atom is 0.337 e. The summed E-state index contributed by atoms with van der Waals surface area (Å²) in [4.78, 5) is 41.6. The van der Waals surface area contributed by atoms with E-state index in [9.17, 15) is 14.4 Å². The summed E-state index contributed by atoms with van der Waals surface area (Å²) in [6.45, 7) is 2.72. The first-order valence-electron chi connectivity index (χ1n) is 10.2. The SMILES string of the molecule is CCc1cccc(NC(=O)CN2C(=O)C3CCCN3c3ccc(C(=O)OC)cc32)c1. The zero-order chi connectivity index (χ0) is 21.3. The molecule has 2 amide bonds. The number of aryl methyl sites for hydroxylation is 1. The molecule has 4 rings (SSSR count). The zero-order valence-electron chi connectivity index (χ0n) is 17.2. The summed E-state index contributed by atoms with van der Waals surface area (Å²) in [7, 11) is 1.32. The van der Waals surface area contributed by atoms with E-state index in [4.69, 9.17) is 4.74 Å². The van der Waals surface area contributed by atoms with Gasteiger partial charge in [0.25, 0.3) is 0 Å². The van der Waals surface area contributed by atoms with E-state index < -0.39 is 5.97 Å². The third-order valence-electron chi connectivity index (χ3n) is 5.72. The Balaban J connectivity index is 1.63. The van der Waals surface area contributed by atoms with Gasteiger partial charge in [0, 0.05) is 12.2 Å². The summed E-state index contributed by atoms with van der Waals surface area (Å²) < 4.78 is 4.82. The standard InChI is InChI=1S/C23H25N3O4/c1-3-15-6-4-7-17(12-15)24-21(27)14-26-20-13-16(23(29)30-2)9-10-18(20)25-11-5-8-19(25)22(26)28/h4,6-7,9-10,12-13,19H,3,5,8,11,14H2,1-2H3,(H,24,27). The Morgan fingerprint density at radius 2 is 2.00 bits per heavy atom. The number of hydrogen-bond acceptors (Lipinski definition) is 5. The Hall–Kier alpha value is -3.35. The first kappa shape index (κ1) is 19.9. The summed E-state index contributed by atoms with van der Waals surface area (Å²) in [6, 6.07) is 12.6. The van der Waals surface area contributed by atoms with Crippen molar-refractivity contribution in [3.05, 3.63) is 53.6 Å². The molecule has 0 aliphatic carbocycles. The number of nitrogens with zero attached hydrogens (tertiary/aromatic N) is 2. The molecule has 1 unspecified atom stereocenters. The molecule has 7 heteroatoms. The fourth-order valence-electron chi connectivity index (χ4n) is 4.21.